The molecule has 0 unspecified atom stereocenters. The molecule has 0 aliphatic heterocycles. The van der Waals surface area contributed by atoms with Gasteiger partial charge in [0.25, 0.3) is 0 Å². The lowest BCUT2D eigenvalue weighted by Crippen LogP contribution is -2.30. The zero-order valence-electron chi connectivity index (χ0n) is 26.5. The lowest BCUT2D eigenvalue weighted by atomic mass is 10.1. The van der Waals surface area contributed by atoms with Crippen LogP contribution in [-0.2, 0) is 66.7 Å². The van der Waals surface area contributed by atoms with Crippen molar-refractivity contribution < 1.29 is 19.2 Å². The second-order valence-electron chi connectivity index (χ2n) is 11.7. The molecule has 4 aromatic rings. The van der Waals surface area contributed by atoms with Crippen LogP contribution in [0.5, 0.6) is 0 Å². The Morgan fingerprint density at radius 1 is 0.348 bits per heavy atom. The van der Waals surface area contributed by atoms with E-state index in [4.69, 9.17) is 0 Å². The van der Waals surface area contributed by atoms with Gasteiger partial charge in [0.15, 0.2) is 46.1 Å². The molecule has 0 heterocycles. The molecule has 0 atom stereocenters. The third-order valence-electron chi connectivity index (χ3n) is 7.55. The number of hydrogen-bond acceptors (Lipinski definition) is 4. The molecule has 0 aromatic heterocycles. The first-order chi connectivity index (χ1) is 22.4. The van der Waals surface area contributed by atoms with Crippen LogP contribution in [-0.4, -0.2) is 57.7 Å². The molecule has 0 aliphatic rings. The first kappa shape index (κ1) is 35.1. The first-order valence-electron chi connectivity index (χ1n) is 15.9. The molecule has 0 amide bonds. The Labute approximate surface area is 279 Å². The average Bonchev–Trinajstić information content (AvgIpc) is 3.04. The van der Waals surface area contributed by atoms with Crippen molar-refractivity contribution in [3.05, 3.63) is 144 Å². The normalized spacial score (nSPS) is 11.1. The molecule has 0 aliphatic carbocycles. The van der Waals surface area contributed by atoms with Gasteiger partial charge in [0, 0.05) is 47.5 Å². The van der Waals surface area contributed by atoms with Gasteiger partial charge in [-0.15, -0.1) is 0 Å². The molecule has 0 radical (unpaired) electrons. The van der Waals surface area contributed by atoms with Crippen molar-refractivity contribution in [2.45, 2.75) is 38.5 Å². The third kappa shape index (κ3) is 13.7. The van der Waals surface area contributed by atoms with Crippen molar-refractivity contribution in [2.24, 2.45) is 0 Å². The van der Waals surface area contributed by atoms with Gasteiger partial charge < -0.3 is 0 Å². The van der Waals surface area contributed by atoms with Crippen molar-refractivity contribution in [1.82, 2.24) is 0 Å². The van der Waals surface area contributed by atoms with E-state index in [9.17, 15) is 19.2 Å². The third-order valence-corrected chi connectivity index (χ3v) is 12.2. The summed E-state index contributed by atoms with van der Waals surface area (Å²) in [6.45, 7) is 0. The molecule has 46 heavy (non-hydrogen) atoms. The van der Waals surface area contributed by atoms with E-state index < -0.39 is 0 Å². The minimum atomic E-state index is -0.351. The molecular weight excluding hydrogens is 609 g/mol. The smallest absolute Gasteiger partial charge is 0.186 e. The van der Waals surface area contributed by atoms with Crippen LogP contribution in [0.15, 0.2) is 121 Å². The average molecular weight is 653 g/mol. The van der Waals surface area contributed by atoms with Gasteiger partial charge in [-0.3, -0.25) is 19.2 Å². The van der Waals surface area contributed by atoms with Crippen LogP contribution in [0.25, 0.3) is 0 Å². The Balaban J connectivity index is 1.34. The first-order valence-corrected chi connectivity index (χ1v) is 19.4. The minimum Gasteiger partial charge on any atom is -0.294 e. The molecule has 0 N–H and O–H groups in total. The maximum Gasteiger partial charge on any atom is 0.186 e. The topological polar surface area (TPSA) is 68.3 Å². The highest BCUT2D eigenvalue weighted by molar-refractivity contribution is 7.98. The SMILES string of the molecule is O=C(Cc1ccccc1)C[S+](CCCC[S+](CC(=O)Cc1ccccc1)CC(=O)Cc1ccccc1)CC(=O)Cc1ccccc1. The quantitative estimate of drug-likeness (QED) is 0.0789. The second-order valence-corrected chi connectivity index (χ2v) is 16.1. The Bertz CT molecular complexity index is 1280. The summed E-state index contributed by atoms with van der Waals surface area (Å²) in [5, 5.41) is 0. The number of carbonyl (C=O) groups excluding carboxylic acids is 4. The van der Waals surface area contributed by atoms with Crippen molar-refractivity contribution in [2.75, 3.05) is 34.5 Å². The summed E-state index contributed by atoms with van der Waals surface area (Å²) in [5.74, 6) is 3.90. The number of unbranched alkanes of at least 4 members (excludes halogenated alkanes) is 1. The molecule has 0 saturated carbocycles. The van der Waals surface area contributed by atoms with Crippen LogP contribution in [0, 0.1) is 0 Å². The second kappa shape index (κ2) is 19.7. The van der Waals surface area contributed by atoms with Gasteiger partial charge in [-0.1, -0.05) is 121 Å². The predicted octanol–water partition coefficient (Wildman–Crippen LogP) is 6.25. The van der Waals surface area contributed by atoms with E-state index in [0.717, 1.165) is 46.6 Å². The van der Waals surface area contributed by atoms with Crippen molar-refractivity contribution in [3.8, 4) is 0 Å². The molecular formula is C40H44O4S2+2. The largest absolute Gasteiger partial charge is 0.294 e. The Hall–Kier alpha value is -3.74. The maximum absolute atomic E-state index is 13.1. The molecule has 238 valence electrons. The van der Waals surface area contributed by atoms with E-state index in [1.54, 1.807) is 0 Å². The molecule has 4 nitrogen and oxygen atoms in total. The van der Waals surface area contributed by atoms with E-state index in [1.165, 1.54) is 0 Å². The number of Topliss-reactive ketones (excluding diaryl/α,β-unsaturated/α-hetero) is 4. The van der Waals surface area contributed by atoms with E-state index in [1.807, 2.05) is 121 Å². The molecule has 0 spiro atoms. The van der Waals surface area contributed by atoms with Gasteiger partial charge in [-0.25, -0.2) is 0 Å². The summed E-state index contributed by atoms with van der Waals surface area (Å²) in [6.07, 6.45) is 3.26. The number of benzene rings is 4. The van der Waals surface area contributed by atoms with Gasteiger partial charge in [0.1, 0.15) is 11.5 Å². The zero-order valence-corrected chi connectivity index (χ0v) is 28.1. The summed E-state index contributed by atoms with van der Waals surface area (Å²) in [7, 11) is -0.702. The van der Waals surface area contributed by atoms with Crippen molar-refractivity contribution >= 4 is 44.9 Å². The molecule has 4 aromatic carbocycles. The van der Waals surface area contributed by atoms with Gasteiger partial charge in [-0.2, -0.15) is 0 Å². The van der Waals surface area contributed by atoms with Gasteiger partial charge in [-0.05, 0) is 35.1 Å². The number of hydrogen-bond donors (Lipinski definition) is 0. The Kier molecular flexibility index (Phi) is 15.0. The zero-order chi connectivity index (χ0) is 32.4. The number of ketones is 4. The fourth-order valence-electron chi connectivity index (χ4n) is 5.41. The summed E-state index contributed by atoms with van der Waals surface area (Å²) in [5.41, 5.74) is 3.99. The Morgan fingerprint density at radius 3 is 0.783 bits per heavy atom. The lowest BCUT2D eigenvalue weighted by molar-refractivity contribution is -0.117. The number of rotatable bonds is 21. The highest BCUT2D eigenvalue weighted by Gasteiger charge is 2.29. The van der Waals surface area contributed by atoms with Crippen molar-refractivity contribution in [1.29, 1.82) is 0 Å². The minimum absolute atomic E-state index is 0.166. The van der Waals surface area contributed by atoms with E-state index in [-0.39, 0.29) is 44.9 Å². The van der Waals surface area contributed by atoms with Crippen LogP contribution in [0.3, 0.4) is 0 Å². The number of carbonyl (C=O) groups is 4. The molecule has 0 fully saturated rings. The van der Waals surface area contributed by atoms with E-state index in [2.05, 4.69) is 0 Å². The van der Waals surface area contributed by atoms with Gasteiger partial charge >= 0.3 is 0 Å². The molecule has 4 rings (SSSR count). The summed E-state index contributed by atoms with van der Waals surface area (Å²) < 4.78 is 0. The van der Waals surface area contributed by atoms with Gasteiger partial charge in [0.2, 0.25) is 0 Å². The van der Waals surface area contributed by atoms with Crippen LogP contribution < -0.4 is 0 Å². The Morgan fingerprint density at radius 2 is 0.565 bits per heavy atom. The fourth-order valence-corrected chi connectivity index (χ4v) is 9.65. The fraction of sp³-hybridized carbons (Fsp3) is 0.300. The highest BCUT2D eigenvalue weighted by Crippen LogP contribution is 2.13. The summed E-state index contributed by atoms with van der Waals surface area (Å²) >= 11 is 0. The highest BCUT2D eigenvalue weighted by atomic mass is 32.2. The van der Waals surface area contributed by atoms with Crippen molar-refractivity contribution in [3.63, 3.8) is 0 Å². The molecule has 0 saturated heterocycles. The standard InChI is InChI=1S/C40H44O4S2/c41-37(25-33-15-5-1-6-16-33)29-45(30-38(42)26-34-17-7-2-8-18-34)23-13-14-24-46(31-39(43)27-35-19-9-3-10-20-35)32-40(44)28-36-21-11-4-12-22-36/h1-12,15-22H,13-14,23-32H2/q+2. The predicted molar refractivity (Wildman–Crippen MR) is 194 cm³/mol. The van der Waals surface area contributed by atoms with Gasteiger partial charge in [0.05, 0.1) is 0 Å². The van der Waals surface area contributed by atoms with Crippen LogP contribution in [0.1, 0.15) is 35.1 Å². The monoisotopic (exact) mass is 652 g/mol. The molecule has 0 bridgehead atoms. The summed E-state index contributed by atoms with van der Waals surface area (Å²) in [6, 6.07) is 39.1. The van der Waals surface area contributed by atoms with Crippen LogP contribution in [0.2, 0.25) is 0 Å². The van der Waals surface area contributed by atoms with E-state index >= 15 is 0 Å². The van der Waals surface area contributed by atoms with E-state index in [0.29, 0.717) is 48.7 Å². The summed E-state index contributed by atoms with van der Waals surface area (Å²) in [4.78, 5) is 52.3. The molecule has 6 heteroatoms. The maximum atomic E-state index is 13.1. The van der Waals surface area contributed by atoms with Crippen LogP contribution in [0.4, 0.5) is 0 Å². The lowest BCUT2D eigenvalue weighted by Gasteiger charge is -2.11. The van der Waals surface area contributed by atoms with Crippen LogP contribution >= 0.6 is 0 Å².